The Kier molecular flexibility index (Phi) is 3.64. The second kappa shape index (κ2) is 5.04. The Hall–Kier alpha value is -1.45. The van der Waals surface area contributed by atoms with Crippen LogP contribution >= 0.6 is 0 Å². The topological polar surface area (TPSA) is 47.3 Å². The third-order valence-corrected chi connectivity index (χ3v) is 3.84. The maximum Gasteiger partial charge on any atom is 0.167 e. The van der Waals surface area contributed by atoms with Gasteiger partial charge in [0, 0.05) is 18.7 Å². The van der Waals surface area contributed by atoms with Crippen molar-refractivity contribution < 1.29 is 9.13 Å². The number of hydrogen-bond donors (Lipinski definition) is 2. The summed E-state index contributed by atoms with van der Waals surface area (Å²) in [6.45, 7) is 3.15. The third-order valence-electron chi connectivity index (χ3n) is 3.84. The SMILES string of the molecule is COc1cc(NCC2(C)CCCC2)c(N)cc1F. The fraction of sp³-hybridized carbons (Fsp3) is 0.571. The number of halogens is 1. The summed E-state index contributed by atoms with van der Waals surface area (Å²) < 4.78 is 18.4. The molecule has 1 aliphatic carbocycles. The molecule has 0 bridgehead atoms. The molecule has 0 spiro atoms. The molecule has 18 heavy (non-hydrogen) atoms. The van der Waals surface area contributed by atoms with Gasteiger partial charge in [-0.2, -0.15) is 0 Å². The number of nitrogens with two attached hydrogens (primary N) is 1. The lowest BCUT2D eigenvalue weighted by Crippen LogP contribution is -2.23. The number of nitrogen functional groups attached to an aromatic ring is 1. The van der Waals surface area contributed by atoms with Gasteiger partial charge in [-0.05, 0) is 18.3 Å². The van der Waals surface area contributed by atoms with Crippen molar-refractivity contribution in [1.29, 1.82) is 0 Å². The van der Waals surface area contributed by atoms with Gasteiger partial charge in [0.15, 0.2) is 11.6 Å². The molecule has 1 aliphatic rings. The molecule has 1 aromatic rings. The van der Waals surface area contributed by atoms with Crippen molar-refractivity contribution in [1.82, 2.24) is 0 Å². The minimum Gasteiger partial charge on any atom is -0.494 e. The Morgan fingerprint density at radius 2 is 2.06 bits per heavy atom. The quantitative estimate of drug-likeness (QED) is 0.807. The Morgan fingerprint density at radius 3 is 2.67 bits per heavy atom. The van der Waals surface area contributed by atoms with Crippen LogP contribution in [0, 0.1) is 11.2 Å². The van der Waals surface area contributed by atoms with Crippen LogP contribution in [-0.4, -0.2) is 13.7 Å². The van der Waals surface area contributed by atoms with E-state index < -0.39 is 5.82 Å². The van der Waals surface area contributed by atoms with E-state index in [1.807, 2.05) is 0 Å². The fourth-order valence-corrected chi connectivity index (χ4v) is 2.59. The van der Waals surface area contributed by atoms with Crippen LogP contribution in [0.15, 0.2) is 12.1 Å². The summed E-state index contributed by atoms with van der Waals surface area (Å²) in [7, 11) is 1.46. The molecule has 3 N–H and O–H groups in total. The van der Waals surface area contributed by atoms with E-state index in [-0.39, 0.29) is 5.75 Å². The molecule has 2 rings (SSSR count). The minimum atomic E-state index is -0.423. The predicted molar refractivity (Wildman–Crippen MR) is 72.4 cm³/mol. The van der Waals surface area contributed by atoms with Crippen molar-refractivity contribution in [2.45, 2.75) is 32.6 Å². The average molecular weight is 252 g/mol. The summed E-state index contributed by atoms with van der Waals surface area (Å²) in [5.74, 6) is -0.198. The molecule has 1 fully saturated rings. The minimum absolute atomic E-state index is 0.225. The van der Waals surface area contributed by atoms with E-state index in [9.17, 15) is 4.39 Å². The van der Waals surface area contributed by atoms with Gasteiger partial charge < -0.3 is 15.8 Å². The van der Waals surface area contributed by atoms with E-state index in [2.05, 4.69) is 12.2 Å². The third kappa shape index (κ3) is 2.68. The molecular weight excluding hydrogens is 231 g/mol. The van der Waals surface area contributed by atoms with Crippen LogP contribution in [0.3, 0.4) is 0 Å². The van der Waals surface area contributed by atoms with Crippen molar-refractivity contribution in [2.75, 3.05) is 24.7 Å². The van der Waals surface area contributed by atoms with E-state index in [4.69, 9.17) is 10.5 Å². The van der Waals surface area contributed by atoms with Gasteiger partial charge in [-0.25, -0.2) is 4.39 Å². The summed E-state index contributed by atoms with van der Waals surface area (Å²) in [6, 6.07) is 2.93. The standard InChI is InChI=1S/C14H21FN2O/c1-14(5-3-4-6-14)9-17-12-8-13(18-2)10(15)7-11(12)16/h7-8,17H,3-6,9,16H2,1-2H3. The van der Waals surface area contributed by atoms with Crippen LogP contribution in [0.25, 0.3) is 0 Å². The summed E-state index contributed by atoms with van der Waals surface area (Å²) in [5.41, 5.74) is 7.32. The Morgan fingerprint density at radius 1 is 1.39 bits per heavy atom. The largest absolute Gasteiger partial charge is 0.494 e. The number of ether oxygens (including phenoxy) is 1. The van der Waals surface area contributed by atoms with E-state index in [1.54, 1.807) is 6.07 Å². The van der Waals surface area contributed by atoms with Crippen LogP contribution in [0.4, 0.5) is 15.8 Å². The van der Waals surface area contributed by atoms with Crippen LogP contribution in [0.1, 0.15) is 32.6 Å². The molecule has 1 aromatic carbocycles. The first-order valence-electron chi connectivity index (χ1n) is 6.41. The Bertz CT molecular complexity index is 428. The fourth-order valence-electron chi connectivity index (χ4n) is 2.59. The molecule has 0 atom stereocenters. The lowest BCUT2D eigenvalue weighted by Gasteiger charge is -2.25. The van der Waals surface area contributed by atoms with Gasteiger partial charge in [0.25, 0.3) is 0 Å². The molecule has 0 amide bonds. The number of anilines is 2. The highest BCUT2D eigenvalue weighted by molar-refractivity contribution is 5.68. The number of hydrogen-bond acceptors (Lipinski definition) is 3. The first-order chi connectivity index (χ1) is 8.54. The van der Waals surface area contributed by atoms with Crippen LogP contribution in [0.2, 0.25) is 0 Å². The smallest absolute Gasteiger partial charge is 0.167 e. The van der Waals surface area contributed by atoms with E-state index >= 15 is 0 Å². The molecule has 0 unspecified atom stereocenters. The number of methoxy groups -OCH3 is 1. The van der Waals surface area contributed by atoms with Crippen LogP contribution in [-0.2, 0) is 0 Å². The first kappa shape index (κ1) is 13.0. The maximum atomic E-state index is 13.4. The Labute approximate surface area is 108 Å². The van der Waals surface area contributed by atoms with Gasteiger partial charge in [0.2, 0.25) is 0 Å². The first-order valence-corrected chi connectivity index (χ1v) is 6.41. The summed E-state index contributed by atoms with van der Waals surface area (Å²) >= 11 is 0. The van der Waals surface area contributed by atoms with Crippen molar-refractivity contribution in [3.05, 3.63) is 17.9 Å². The highest BCUT2D eigenvalue weighted by Crippen LogP contribution is 2.38. The molecule has 4 heteroatoms. The summed E-state index contributed by atoms with van der Waals surface area (Å²) in [6.07, 6.45) is 5.05. The highest BCUT2D eigenvalue weighted by Gasteiger charge is 2.28. The molecular formula is C14H21FN2O. The maximum absolute atomic E-state index is 13.4. The molecule has 0 aliphatic heterocycles. The lowest BCUT2D eigenvalue weighted by molar-refractivity contribution is 0.361. The molecule has 0 saturated heterocycles. The van der Waals surface area contributed by atoms with Crippen LogP contribution in [0.5, 0.6) is 5.75 Å². The number of nitrogens with one attached hydrogen (secondary N) is 1. The van der Waals surface area contributed by atoms with Gasteiger partial charge >= 0.3 is 0 Å². The summed E-state index contributed by atoms with van der Waals surface area (Å²) in [5, 5.41) is 3.33. The van der Waals surface area contributed by atoms with Gasteiger partial charge in [-0.3, -0.25) is 0 Å². The second-order valence-electron chi connectivity index (χ2n) is 5.45. The molecule has 0 heterocycles. The number of benzene rings is 1. The van der Waals surface area contributed by atoms with E-state index in [0.29, 0.717) is 11.1 Å². The van der Waals surface area contributed by atoms with Gasteiger partial charge in [-0.1, -0.05) is 19.8 Å². The van der Waals surface area contributed by atoms with Crippen molar-refractivity contribution >= 4 is 11.4 Å². The zero-order valence-electron chi connectivity index (χ0n) is 11.1. The molecule has 0 aromatic heterocycles. The van der Waals surface area contributed by atoms with Crippen molar-refractivity contribution in [2.24, 2.45) is 5.41 Å². The number of rotatable bonds is 4. The van der Waals surface area contributed by atoms with Gasteiger partial charge in [0.1, 0.15) is 0 Å². The Balaban J connectivity index is 2.09. The summed E-state index contributed by atoms with van der Waals surface area (Å²) in [4.78, 5) is 0. The molecule has 0 radical (unpaired) electrons. The monoisotopic (exact) mass is 252 g/mol. The predicted octanol–water partition coefficient (Wildman–Crippen LogP) is 3.41. The zero-order valence-corrected chi connectivity index (χ0v) is 11.1. The van der Waals surface area contributed by atoms with E-state index in [0.717, 1.165) is 12.2 Å². The lowest BCUT2D eigenvalue weighted by atomic mass is 9.89. The van der Waals surface area contributed by atoms with Crippen LogP contribution < -0.4 is 15.8 Å². The van der Waals surface area contributed by atoms with Crippen molar-refractivity contribution in [3.8, 4) is 5.75 Å². The molecule has 100 valence electrons. The van der Waals surface area contributed by atoms with Crippen molar-refractivity contribution in [3.63, 3.8) is 0 Å². The normalized spacial score (nSPS) is 17.7. The second-order valence-corrected chi connectivity index (χ2v) is 5.45. The van der Waals surface area contributed by atoms with Gasteiger partial charge in [-0.15, -0.1) is 0 Å². The average Bonchev–Trinajstić information content (AvgIpc) is 2.76. The van der Waals surface area contributed by atoms with E-state index in [1.165, 1.54) is 38.9 Å². The highest BCUT2D eigenvalue weighted by atomic mass is 19.1. The zero-order chi connectivity index (χ0) is 13.2. The molecule has 1 saturated carbocycles. The molecule has 3 nitrogen and oxygen atoms in total. The van der Waals surface area contributed by atoms with Gasteiger partial charge in [0.05, 0.1) is 18.5 Å².